The molecule has 1 aromatic rings. The number of anilines is 1. The molecule has 0 spiro atoms. The number of aromatic amines is 1. The fourth-order valence-electron chi connectivity index (χ4n) is 0.537. The molecule has 0 atom stereocenters. The van der Waals surface area contributed by atoms with Crippen LogP contribution in [-0.4, -0.2) is 28.1 Å². The van der Waals surface area contributed by atoms with Gasteiger partial charge in [-0.2, -0.15) is 10.3 Å². The molecule has 0 fully saturated rings. The second-order valence-corrected chi connectivity index (χ2v) is 1.87. The van der Waals surface area contributed by atoms with Crippen LogP contribution in [0.15, 0.2) is 18.9 Å². The summed E-state index contributed by atoms with van der Waals surface area (Å²) in [7, 11) is 0. The molecule has 6 nitrogen and oxygen atoms in total. The highest BCUT2D eigenvalue weighted by Gasteiger charge is 2.02. The summed E-state index contributed by atoms with van der Waals surface area (Å²) in [5.74, 6) is 0.323. The Labute approximate surface area is 68.6 Å². The normalized spacial score (nSPS) is 9.00. The third kappa shape index (κ3) is 2.41. The summed E-state index contributed by atoms with van der Waals surface area (Å²) in [5.41, 5.74) is 0. The van der Waals surface area contributed by atoms with Crippen LogP contribution in [0.5, 0.6) is 0 Å². The summed E-state index contributed by atoms with van der Waals surface area (Å²) in [6.07, 6.45) is 2.26. The predicted octanol–water partition coefficient (Wildman–Crippen LogP) is 0.539. The lowest BCUT2D eigenvalue weighted by atomic mass is 10.7. The maximum atomic E-state index is 10.8. The van der Waals surface area contributed by atoms with Crippen molar-refractivity contribution in [1.29, 1.82) is 0 Å². The lowest BCUT2D eigenvalue weighted by Crippen LogP contribution is -2.13. The molecule has 0 bridgehead atoms. The van der Waals surface area contributed by atoms with Crippen LogP contribution in [0.4, 0.5) is 10.6 Å². The van der Waals surface area contributed by atoms with E-state index in [0.29, 0.717) is 5.82 Å². The van der Waals surface area contributed by atoms with Gasteiger partial charge in [-0.05, 0) is 0 Å². The lowest BCUT2D eigenvalue weighted by molar-refractivity contribution is 0.174. The number of carbonyl (C=O) groups is 1. The van der Waals surface area contributed by atoms with Gasteiger partial charge in [0.25, 0.3) is 0 Å². The van der Waals surface area contributed by atoms with Crippen LogP contribution in [0.2, 0.25) is 0 Å². The van der Waals surface area contributed by atoms with E-state index in [-0.39, 0.29) is 6.61 Å². The van der Waals surface area contributed by atoms with Crippen molar-refractivity contribution < 1.29 is 9.53 Å². The van der Waals surface area contributed by atoms with E-state index in [4.69, 9.17) is 0 Å². The van der Waals surface area contributed by atoms with Gasteiger partial charge in [-0.3, -0.25) is 5.32 Å². The maximum Gasteiger partial charge on any atom is 0.413 e. The molecule has 0 radical (unpaired) electrons. The van der Waals surface area contributed by atoms with Crippen LogP contribution < -0.4 is 5.32 Å². The van der Waals surface area contributed by atoms with Gasteiger partial charge >= 0.3 is 6.09 Å². The van der Waals surface area contributed by atoms with E-state index in [0.717, 1.165) is 0 Å². The van der Waals surface area contributed by atoms with Crippen LogP contribution in [-0.2, 0) is 4.74 Å². The second kappa shape index (κ2) is 4.12. The standard InChI is InChI=1S/C6H8N4O2/c1-2-3-12-6(11)8-5-4-7-10-9-5/h2,4H,1,3H2,(H2,7,8,9,10,11). The van der Waals surface area contributed by atoms with Gasteiger partial charge in [0.05, 0.1) is 6.20 Å². The minimum Gasteiger partial charge on any atom is -0.445 e. The highest BCUT2D eigenvalue weighted by Crippen LogP contribution is 1.96. The second-order valence-electron chi connectivity index (χ2n) is 1.87. The molecular formula is C6H8N4O2. The van der Waals surface area contributed by atoms with E-state index >= 15 is 0 Å². The molecule has 0 saturated heterocycles. The molecule has 1 heterocycles. The van der Waals surface area contributed by atoms with E-state index < -0.39 is 6.09 Å². The van der Waals surface area contributed by atoms with Crippen molar-refractivity contribution in [2.24, 2.45) is 0 Å². The molecule has 1 rings (SSSR count). The van der Waals surface area contributed by atoms with E-state index in [1.165, 1.54) is 12.3 Å². The first-order chi connectivity index (χ1) is 5.83. The number of ether oxygens (including phenoxy) is 1. The minimum absolute atomic E-state index is 0.170. The third-order valence-electron chi connectivity index (χ3n) is 0.977. The molecular weight excluding hydrogens is 160 g/mol. The molecule has 0 saturated carbocycles. The summed E-state index contributed by atoms with van der Waals surface area (Å²) < 4.78 is 4.61. The van der Waals surface area contributed by atoms with Crippen molar-refractivity contribution in [3.05, 3.63) is 18.9 Å². The Morgan fingerprint density at radius 2 is 2.75 bits per heavy atom. The third-order valence-corrected chi connectivity index (χ3v) is 0.977. The summed E-state index contributed by atoms with van der Waals surface area (Å²) in [4.78, 5) is 10.8. The number of rotatable bonds is 3. The number of hydrogen-bond acceptors (Lipinski definition) is 4. The highest BCUT2D eigenvalue weighted by atomic mass is 16.5. The Hall–Kier alpha value is -1.85. The first-order valence-corrected chi connectivity index (χ1v) is 3.23. The number of hydrogen-bond donors (Lipinski definition) is 2. The van der Waals surface area contributed by atoms with E-state index in [1.807, 2.05) is 0 Å². The Balaban J connectivity index is 2.32. The molecule has 2 N–H and O–H groups in total. The quantitative estimate of drug-likeness (QED) is 0.645. The van der Waals surface area contributed by atoms with Crippen molar-refractivity contribution in [3.8, 4) is 0 Å². The fourth-order valence-corrected chi connectivity index (χ4v) is 0.537. The van der Waals surface area contributed by atoms with Gasteiger partial charge in [0.2, 0.25) is 0 Å². The first-order valence-electron chi connectivity index (χ1n) is 3.23. The average molecular weight is 168 g/mol. The molecule has 0 aliphatic heterocycles. The molecule has 6 heteroatoms. The van der Waals surface area contributed by atoms with Gasteiger partial charge in [0.1, 0.15) is 6.61 Å². The lowest BCUT2D eigenvalue weighted by Gasteiger charge is -1.99. The van der Waals surface area contributed by atoms with Crippen molar-refractivity contribution in [3.63, 3.8) is 0 Å². The van der Waals surface area contributed by atoms with Crippen LogP contribution in [0.1, 0.15) is 0 Å². The average Bonchev–Trinajstić information content (AvgIpc) is 2.53. The zero-order valence-electron chi connectivity index (χ0n) is 6.28. The van der Waals surface area contributed by atoms with Crippen molar-refractivity contribution >= 4 is 11.9 Å². The van der Waals surface area contributed by atoms with Gasteiger partial charge in [-0.25, -0.2) is 4.79 Å². The number of carbonyl (C=O) groups excluding carboxylic acids is 1. The Bertz CT molecular complexity index is 257. The van der Waals surface area contributed by atoms with Crippen LogP contribution >= 0.6 is 0 Å². The van der Waals surface area contributed by atoms with E-state index in [9.17, 15) is 4.79 Å². The number of amides is 1. The molecule has 0 aliphatic carbocycles. The Morgan fingerprint density at radius 3 is 3.33 bits per heavy atom. The minimum atomic E-state index is -0.580. The summed E-state index contributed by atoms with van der Waals surface area (Å²) in [5, 5.41) is 11.8. The van der Waals surface area contributed by atoms with Crippen LogP contribution in [0.3, 0.4) is 0 Å². The number of nitrogens with zero attached hydrogens (tertiary/aromatic N) is 2. The predicted molar refractivity (Wildman–Crippen MR) is 41.6 cm³/mol. The van der Waals surface area contributed by atoms with Crippen molar-refractivity contribution in [1.82, 2.24) is 15.4 Å². The van der Waals surface area contributed by atoms with Gasteiger partial charge in [0, 0.05) is 0 Å². The zero-order chi connectivity index (χ0) is 8.81. The smallest absolute Gasteiger partial charge is 0.413 e. The van der Waals surface area contributed by atoms with Crippen molar-refractivity contribution in [2.75, 3.05) is 11.9 Å². The molecule has 0 aliphatic rings. The molecule has 1 amide bonds. The van der Waals surface area contributed by atoms with Crippen LogP contribution in [0.25, 0.3) is 0 Å². The Morgan fingerprint density at radius 1 is 1.92 bits per heavy atom. The number of nitrogens with one attached hydrogen (secondary N) is 2. The van der Waals surface area contributed by atoms with Gasteiger partial charge in [0.15, 0.2) is 5.82 Å². The largest absolute Gasteiger partial charge is 0.445 e. The first kappa shape index (κ1) is 8.25. The van der Waals surface area contributed by atoms with Crippen molar-refractivity contribution in [2.45, 2.75) is 0 Å². The summed E-state index contributed by atoms with van der Waals surface area (Å²) >= 11 is 0. The highest BCUT2D eigenvalue weighted by molar-refractivity contribution is 5.82. The molecule has 0 aromatic carbocycles. The van der Waals surface area contributed by atoms with E-state index in [1.54, 1.807) is 0 Å². The molecule has 64 valence electrons. The van der Waals surface area contributed by atoms with Gasteiger partial charge in [-0.1, -0.05) is 12.7 Å². The SMILES string of the molecule is C=CCOC(=O)Nc1cn[nH]n1. The molecule has 0 unspecified atom stereocenters. The topological polar surface area (TPSA) is 79.9 Å². The number of aromatic nitrogens is 3. The summed E-state index contributed by atoms with van der Waals surface area (Å²) in [6, 6.07) is 0. The molecule has 1 aromatic heterocycles. The Kier molecular flexibility index (Phi) is 2.83. The fraction of sp³-hybridized carbons (Fsp3) is 0.167. The van der Waals surface area contributed by atoms with E-state index in [2.05, 4.69) is 32.0 Å². The van der Waals surface area contributed by atoms with Gasteiger partial charge in [-0.15, -0.1) is 5.10 Å². The van der Waals surface area contributed by atoms with Gasteiger partial charge < -0.3 is 4.74 Å². The monoisotopic (exact) mass is 168 g/mol. The maximum absolute atomic E-state index is 10.8. The zero-order valence-corrected chi connectivity index (χ0v) is 6.28. The molecule has 12 heavy (non-hydrogen) atoms. The summed E-state index contributed by atoms with van der Waals surface area (Å²) in [6.45, 7) is 3.56. The number of H-pyrrole nitrogens is 1. The van der Waals surface area contributed by atoms with Crippen LogP contribution in [0, 0.1) is 0 Å².